The van der Waals surface area contributed by atoms with Gasteiger partial charge in [-0.25, -0.2) is 0 Å². The van der Waals surface area contributed by atoms with Crippen molar-refractivity contribution < 1.29 is 5.11 Å². The Morgan fingerprint density at radius 2 is 2.27 bits per heavy atom. The van der Waals surface area contributed by atoms with Crippen molar-refractivity contribution in [3.05, 3.63) is 20.8 Å². The summed E-state index contributed by atoms with van der Waals surface area (Å²) in [7, 11) is 0. The summed E-state index contributed by atoms with van der Waals surface area (Å²) in [4.78, 5) is 1.28. The van der Waals surface area contributed by atoms with E-state index in [2.05, 4.69) is 32.7 Å². The number of nitrogens with one attached hydrogen (secondary N) is 1. The highest BCUT2D eigenvalue weighted by Gasteiger charge is 2.23. The fourth-order valence-electron chi connectivity index (χ4n) is 1.09. The number of halogens is 1. The van der Waals surface area contributed by atoms with Crippen molar-refractivity contribution in [3.8, 4) is 0 Å². The maximum atomic E-state index is 10.0. The molecule has 0 amide bonds. The van der Waals surface area contributed by atoms with Crippen LogP contribution in [0.4, 0.5) is 0 Å². The van der Waals surface area contributed by atoms with E-state index in [-0.39, 0.29) is 5.92 Å². The Kier molecular flexibility index (Phi) is 4.77. The summed E-state index contributed by atoms with van der Waals surface area (Å²) in [6.07, 6.45) is 0. The van der Waals surface area contributed by atoms with Gasteiger partial charge in [0.25, 0.3) is 0 Å². The molecule has 1 unspecified atom stereocenters. The summed E-state index contributed by atoms with van der Waals surface area (Å²) in [5.74, 6) is 0.264. The van der Waals surface area contributed by atoms with E-state index in [1.165, 1.54) is 4.88 Å². The molecule has 1 atom stereocenters. The van der Waals surface area contributed by atoms with Crippen LogP contribution in [0, 0.1) is 5.92 Å². The molecule has 0 aliphatic rings. The van der Waals surface area contributed by atoms with Crippen LogP contribution >= 0.6 is 27.3 Å². The molecule has 0 aromatic carbocycles. The summed E-state index contributed by atoms with van der Waals surface area (Å²) in [5.41, 5.74) is -0.630. The van der Waals surface area contributed by atoms with Gasteiger partial charge >= 0.3 is 0 Å². The number of hydrogen-bond donors (Lipinski definition) is 2. The van der Waals surface area contributed by atoms with E-state index in [4.69, 9.17) is 0 Å². The Bertz CT molecular complexity index is 309. The molecule has 0 spiro atoms. The van der Waals surface area contributed by atoms with E-state index in [1.54, 1.807) is 11.3 Å². The summed E-state index contributed by atoms with van der Waals surface area (Å²) in [6.45, 7) is 7.38. The molecule has 2 N–H and O–H groups in total. The largest absolute Gasteiger partial charge is 0.389 e. The maximum absolute atomic E-state index is 10.0. The van der Waals surface area contributed by atoms with Gasteiger partial charge in [0.15, 0.2) is 0 Å². The third-order valence-corrected chi connectivity index (χ3v) is 4.35. The molecule has 1 heterocycles. The number of aliphatic hydroxyl groups is 1. The summed E-state index contributed by atoms with van der Waals surface area (Å²) >= 11 is 5.14. The topological polar surface area (TPSA) is 32.3 Å². The van der Waals surface area contributed by atoms with Gasteiger partial charge in [-0.1, -0.05) is 13.8 Å². The summed E-state index contributed by atoms with van der Waals surface area (Å²) in [5, 5.41) is 15.3. The first-order chi connectivity index (χ1) is 6.92. The normalized spacial score (nSPS) is 15.6. The van der Waals surface area contributed by atoms with Crippen molar-refractivity contribution in [1.82, 2.24) is 5.32 Å². The fraction of sp³-hybridized carbons (Fsp3) is 0.636. The van der Waals surface area contributed by atoms with Crippen molar-refractivity contribution in [1.29, 1.82) is 0 Å². The van der Waals surface area contributed by atoms with Crippen LogP contribution in [-0.2, 0) is 6.54 Å². The van der Waals surface area contributed by atoms with Crippen LogP contribution < -0.4 is 5.32 Å². The Balaban J connectivity index is 2.33. The smallest absolute Gasteiger partial charge is 0.0766 e. The van der Waals surface area contributed by atoms with Gasteiger partial charge in [0, 0.05) is 27.8 Å². The highest BCUT2D eigenvalue weighted by Crippen LogP contribution is 2.20. The molecule has 0 bridgehead atoms. The molecule has 1 aromatic heterocycles. The van der Waals surface area contributed by atoms with Crippen LogP contribution in [0.2, 0.25) is 0 Å². The van der Waals surface area contributed by atoms with Crippen LogP contribution in [0.15, 0.2) is 15.9 Å². The van der Waals surface area contributed by atoms with Crippen molar-refractivity contribution >= 4 is 27.3 Å². The highest BCUT2D eigenvalue weighted by atomic mass is 79.9. The maximum Gasteiger partial charge on any atom is 0.0766 e. The lowest BCUT2D eigenvalue weighted by molar-refractivity contribution is 0.0140. The Hall–Kier alpha value is 0.1000. The third-order valence-electron chi connectivity index (χ3n) is 2.65. The van der Waals surface area contributed by atoms with E-state index in [0.717, 1.165) is 11.0 Å². The quantitative estimate of drug-likeness (QED) is 0.874. The molecule has 15 heavy (non-hydrogen) atoms. The first kappa shape index (κ1) is 13.2. The van der Waals surface area contributed by atoms with Gasteiger partial charge in [0.1, 0.15) is 0 Å². The van der Waals surface area contributed by atoms with E-state index in [9.17, 15) is 5.11 Å². The van der Waals surface area contributed by atoms with Gasteiger partial charge in [-0.3, -0.25) is 0 Å². The molecule has 0 aliphatic carbocycles. The molecule has 4 heteroatoms. The zero-order chi connectivity index (χ0) is 11.5. The molecule has 0 saturated carbocycles. The van der Waals surface area contributed by atoms with Gasteiger partial charge < -0.3 is 10.4 Å². The number of thiophene rings is 1. The average Bonchev–Trinajstić information content (AvgIpc) is 2.51. The van der Waals surface area contributed by atoms with E-state index >= 15 is 0 Å². The molecule has 1 rings (SSSR count). The lowest BCUT2D eigenvalue weighted by Gasteiger charge is -2.27. The van der Waals surface area contributed by atoms with Gasteiger partial charge in [0.05, 0.1) is 5.60 Å². The average molecular weight is 292 g/mol. The first-order valence-corrected chi connectivity index (χ1v) is 6.75. The molecule has 0 radical (unpaired) electrons. The molecular formula is C11H18BrNOS. The Morgan fingerprint density at radius 1 is 1.60 bits per heavy atom. The molecule has 0 aliphatic heterocycles. The lowest BCUT2D eigenvalue weighted by Crippen LogP contribution is -2.41. The van der Waals surface area contributed by atoms with E-state index in [1.807, 2.05) is 20.8 Å². The van der Waals surface area contributed by atoms with Crippen LogP contribution in [-0.4, -0.2) is 17.3 Å². The van der Waals surface area contributed by atoms with Crippen molar-refractivity contribution in [2.75, 3.05) is 6.54 Å². The second-order valence-corrected chi connectivity index (χ2v) is 6.26. The number of hydrogen-bond acceptors (Lipinski definition) is 3. The predicted octanol–water partition coefficient (Wildman–Crippen LogP) is 3.01. The van der Waals surface area contributed by atoms with Crippen LogP contribution in [0.5, 0.6) is 0 Å². The van der Waals surface area contributed by atoms with E-state index < -0.39 is 5.60 Å². The fourth-order valence-corrected chi connectivity index (χ4v) is 2.51. The SMILES string of the molecule is CC(C)C(C)(O)CNCc1cc(Br)cs1. The minimum absolute atomic E-state index is 0.264. The first-order valence-electron chi connectivity index (χ1n) is 5.08. The minimum atomic E-state index is -0.630. The monoisotopic (exact) mass is 291 g/mol. The van der Waals surface area contributed by atoms with Gasteiger partial charge in [0.2, 0.25) is 0 Å². The molecule has 0 saturated heterocycles. The molecule has 0 fully saturated rings. The molecule has 2 nitrogen and oxygen atoms in total. The Morgan fingerprint density at radius 3 is 2.73 bits per heavy atom. The number of rotatable bonds is 5. The molecule has 1 aromatic rings. The standard InChI is InChI=1S/C11H18BrNOS/c1-8(2)11(3,14)7-13-5-10-4-9(12)6-15-10/h4,6,8,13-14H,5,7H2,1-3H3. The second-order valence-electron chi connectivity index (χ2n) is 4.35. The summed E-state index contributed by atoms with van der Waals surface area (Å²) in [6, 6.07) is 2.10. The van der Waals surface area contributed by atoms with Crippen molar-refractivity contribution in [2.24, 2.45) is 5.92 Å². The van der Waals surface area contributed by atoms with Crippen molar-refractivity contribution in [2.45, 2.75) is 32.9 Å². The highest BCUT2D eigenvalue weighted by molar-refractivity contribution is 9.10. The Labute approximate surface area is 104 Å². The second kappa shape index (κ2) is 5.43. The van der Waals surface area contributed by atoms with Gasteiger partial charge in [-0.05, 0) is 34.8 Å². The van der Waals surface area contributed by atoms with Crippen LogP contribution in [0.1, 0.15) is 25.6 Å². The lowest BCUT2D eigenvalue weighted by atomic mass is 9.93. The third kappa shape index (κ3) is 4.23. The van der Waals surface area contributed by atoms with Gasteiger partial charge in [-0.2, -0.15) is 0 Å². The molecular weight excluding hydrogens is 274 g/mol. The summed E-state index contributed by atoms with van der Waals surface area (Å²) < 4.78 is 1.12. The van der Waals surface area contributed by atoms with Gasteiger partial charge in [-0.15, -0.1) is 11.3 Å². The predicted molar refractivity (Wildman–Crippen MR) is 69.2 cm³/mol. The van der Waals surface area contributed by atoms with Crippen molar-refractivity contribution in [3.63, 3.8) is 0 Å². The van der Waals surface area contributed by atoms with Crippen LogP contribution in [0.3, 0.4) is 0 Å². The van der Waals surface area contributed by atoms with E-state index in [0.29, 0.717) is 6.54 Å². The zero-order valence-electron chi connectivity index (χ0n) is 9.38. The zero-order valence-corrected chi connectivity index (χ0v) is 11.8. The minimum Gasteiger partial charge on any atom is -0.389 e. The van der Waals surface area contributed by atoms with Crippen LogP contribution in [0.25, 0.3) is 0 Å². The molecule has 86 valence electrons.